The van der Waals surface area contributed by atoms with Crippen LogP contribution in [0.15, 0.2) is 35.1 Å². The number of hydrogen-bond acceptors (Lipinski definition) is 5. The summed E-state index contributed by atoms with van der Waals surface area (Å²) in [5.74, 6) is 1.47. The number of benzene rings is 1. The van der Waals surface area contributed by atoms with Gasteiger partial charge in [-0.05, 0) is 40.9 Å². The predicted molar refractivity (Wildman–Crippen MR) is 85.3 cm³/mol. The van der Waals surface area contributed by atoms with Crippen molar-refractivity contribution in [2.75, 3.05) is 29.0 Å². The number of aromatic nitrogens is 2. The van der Waals surface area contributed by atoms with E-state index in [0.29, 0.717) is 11.5 Å². The molecule has 1 aromatic carbocycles. The molecule has 3 N–H and O–H groups in total. The van der Waals surface area contributed by atoms with Crippen molar-refractivity contribution in [2.24, 2.45) is 0 Å². The number of anilines is 4. The fourth-order valence-electron chi connectivity index (χ4n) is 2.36. The van der Waals surface area contributed by atoms with E-state index in [4.69, 9.17) is 5.73 Å². The Hall–Kier alpha value is -1.82. The molecule has 20 heavy (non-hydrogen) atoms. The molecule has 1 aliphatic heterocycles. The van der Waals surface area contributed by atoms with Crippen LogP contribution in [0, 0.1) is 0 Å². The summed E-state index contributed by atoms with van der Waals surface area (Å²) >= 11 is 3.51. The van der Waals surface area contributed by atoms with Crippen LogP contribution in [0.25, 0.3) is 0 Å². The number of hydrogen-bond donors (Lipinski definition) is 2. The zero-order chi connectivity index (χ0) is 13.9. The van der Waals surface area contributed by atoms with Gasteiger partial charge in [0.2, 0.25) is 0 Å². The molecule has 2 heterocycles. The van der Waals surface area contributed by atoms with Crippen LogP contribution >= 0.6 is 15.9 Å². The molecule has 0 radical (unpaired) electrons. The van der Waals surface area contributed by atoms with Gasteiger partial charge in [-0.3, -0.25) is 0 Å². The molecule has 1 saturated heterocycles. The molecular weight excluding hydrogens is 318 g/mol. The Bertz CT molecular complexity index is 610. The van der Waals surface area contributed by atoms with Gasteiger partial charge in [0.1, 0.15) is 12.0 Å². The zero-order valence-corrected chi connectivity index (χ0v) is 12.6. The quantitative estimate of drug-likeness (QED) is 0.902. The lowest BCUT2D eigenvalue weighted by molar-refractivity contribution is 0.931. The van der Waals surface area contributed by atoms with E-state index >= 15 is 0 Å². The highest BCUT2D eigenvalue weighted by Gasteiger charge is 2.18. The molecule has 104 valence electrons. The van der Waals surface area contributed by atoms with Gasteiger partial charge in [0, 0.05) is 17.6 Å². The van der Waals surface area contributed by atoms with Crippen molar-refractivity contribution < 1.29 is 0 Å². The van der Waals surface area contributed by atoms with Crippen molar-refractivity contribution in [2.45, 2.75) is 12.8 Å². The summed E-state index contributed by atoms with van der Waals surface area (Å²) in [5, 5.41) is 3.25. The van der Waals surface area contributed by atoms with Crippen molar-refractivity contribution >= 4 is 38.9 Å². The number of nitrogens with one attached hydrogen (secondary N) is 1. The molecule has 0 spiro atoms. The highest BCUT2D eigenvalue weighted by molar-refractivity contribution is 9.10. The molecule has 6 heteroatoms. The summed E-state index contributed by atoms with van der Waals surface area (Å²) in [6.45, 7) is 2.02. The van der Waals surface area contributed by atoms with E-state index in [1.807, 2.05) is 24.3 Å². The monoisotopic (exact) mass is 333 g/mol. The summed E-state index contributed by atoms with van der Waals surface area (Å²) in [7, 11) is 0. The second-order valence-corrected chi connectivity index (χ2v) is 5.61. The van der Waals surface area contributed by atoms with Crippen LogP contribution in [0.3, 0.4) is 0 Å². The van der Waals surface area contributed by atoms with Crippen LogP contribution in [0.2, 0.25) is 0 Å². The predicted octanol–water partition coefficient (Wildman–Crippen LogP) is 3.17. The minimum Gasteiger partial charge on any atom is -0.393 e. The Kier molecular flexibility index (Phi) is 3.73. The summed E-state index contributed by atoms with van der Waals surface area (Å²) in [6.07, 6.45) is 3.94. The van der Waals surface area contributed by atoms with Gasteiger partial charge < -0.3 is 16.0 Å². The first-order valence-electron chi connectivity index (χ1n) is 6.62. The fraction of sp³-hybridized carbons (Fsp3) is 0.286. The Morgan fingerprint density at radius 3 is 2.65 bits per heavy atom. The highest BCUT2D eigenvalue weighted by Crippen LogP contribution is 2.32. The fourth-order valence-corrected chi connectivity index (χ4v) is 2.74. The molecule has 1 aromatic heterocycles. The van der Waals surface area contributed by atoms with Gasteiger partial charge in [-0.1, -0.05) is 12.1 Å². The Labute approximate surface area is 126 Å². The lowest BCUT2D eigenvalue weighted by atomic mass is 10.3. The van der Waals surface area contributed by atoms with Gasteiger partial charge in [-0.2, -0.15) is 0 Å². The van der Waals surface area contributed by atoms with Crippen LogP contribution < -0.4 is 16.0 Å². The Morgan fingerprint density at radius 2 is 1.90 bits per heavy atom. The summed E-state index contributed by atoms with van der Waals surface area (Å²) < 4.78 is 0.973. The van der Waals surface area contributed by atoms with Crippen LogP contribution in [0.1, 0.15) is 12.8 Å². The molecule has 2 aromatic rings. The second kappa shape index (κ2) is 5.66. The molecule has 0 amide bonds. The van der Waals surface area contributed by atoms with Crippen molar-refractivity contribution in [3.63, 3.8) is 0 Å². The maximum absolute atomic E-state index is 6.22. The number of nitrogen functional groups attached to an aromatic ring is 1. The molecule has 0 atom stereocenters. The van der Waals surface area contributed by atoms with Crippen LogP contribution in [-0.4, -0.2) is 23.1 Å². The maximum atomic E-state index is 6.22. The molecule has 0 bridgehead atoms. The first-order chi connectivity index (χ1) is 9.75. The van der Waals surface area contributed by atoms with E-state index in [1.165, 1.54) is 12.8 Å². The van der Waals surface area contributed by atoms with Crippen molar-refractivity contribution in [3.05, 3.63) is 35.1 Å². The molecular formula is C14H16BrN5. The number of nitrogens with zero attached hydrogens (tertiary/aromatic N) is 3. The molecule has 5 nitrogen and oxygen atoms in total. The van der Waals surface area contributed by atoms with E-state index in [2.05, 4.69) is 36.1 Å². The summed E-state index contributed by atoms with van der Waals surface area (Å²) in [4.78, 5) is 10.8. The Morgan fingerprint density at radius 1 is 1.15 bits per heavy atom. The third kappa shape index (κ3) is 2.56. The second-order valence-electron chi connectivity index (χ2n) is 4.76. The number of halogens is 1. The average molecular weight is 334 g/mol. The smallest absolute Gasteiger partial charge is 0.159 e. The van der Waals surface area contributed by atoms with Gasteiger partial charge in [-0.25, -0.2) is 9.97 Å². The Balaban J connectivity index is 1.90. The third-order valence-electron chi connectivity index (χ3n) is 3.40. The van der Waals surface area contributed by atoms with E-state index < -0.39 is 0 Å². The van der Waals surface area contributed by atoms with Gasteiger partial charge in [0.15, 0.2) is 11.6 Å². The van der Waals surface area contributed by atoms with Gasteiger partial charge in [0.25, 0.3) is 0 Å². The van der Waals surface area contributed by atoms with Crippen molar-refractivity contribution in [3.8, 4) is 0 Å². The minimum absolute atomic E-state index is 0.602. The summed E-state index contributed by atoms with van der Waals surface area (Å²) in [5.41, 5.74) is 7.75. The molecule has 0 aliphatic carbocycles. The number of nitrogens with two attached hydrogens (primary N) is 1. The van der Waals surface area contributed by atoms with Gasteiger partial charge >= 0.3 is 0 Å². The van der Waals surface area contributed by atoms with E-state index in [1.54, 1.807) is 6.33 Å². The molecule has 3 rings (SSSR count). The lowest BCUT2D eigenvalue weighted by Crippen LogP contribution is -2.21. The van der Waals surface area contributed by atoms with E-state index in [-0.39, 0.29) is 0 Å². The van der Waals surface area contributed by atoms with E-state index in [0.717, 1.165) is 29.1 Å². The normalized spacial score (nSPS) is 14.6. The topological polar surface area (TPSA) is 67.1 Å². The minimum atomic E-state index is 0.602. The lowest BCUT2D eigenvalue weighted by Gasteiger charge is -2.19. The van der Waals surface area contributed by atoms with Crippen LogP contribution in [-0.2, 0) is 0 Å². The first-order valence-corrected chi connectivity index (χ1v) is 7.42. The number of para-hydroxylation sites is 1. The maximum Gasteiger partial charge on any atom is 0.159 e. The van der Waals surface area contributed by atoms with Gasteiger partial charge in [0.05, 0.1) is 5.69 Å². The SMILES string of the molecule is Nc1c(Nc2ccccc2Br)ncnc1N1CCCC1. The van der Waals surface area contributed by atoms with Crippen molar-refractivity contribution in [1.82, 2.24) is 9.97 Å². The van der Waals surface area contributed by atoms with Crippen molar-refractivity contribution in [1.29, 1.82) is 0 Å². The molecule has 1 aliphatic rings. The molecule has 0 saturated carbocycles. The van der Waals surface area contributed by atoms with Gasteiger partial charge in [-0.15, -0.1) is 0 Å². The number of rotatable bonds is 3. The highest BCUT2D eigenvalue weighted by atomic mass is 79.9. The van der Waals surface area contributed by atoms with Crippen LogP contribution in [0.5, 0.6) is 0 Å². The zero-order valence-electron chi connectivity index (χ0n) is 11.0. The standard InChI is InChI=1S/C14H16BrN5/c15-10-5-1-2-6-11(10)19-13-12(16)14(18-9-17-13)20-7-3-4-8-20/h1-2,5-6,9H,3-4,7-8,16H2,(H,17,18,19). The largest absolute Gasteiger partial charge is 0.393 e. The first kappa shape index (κ1) is 13.2. The summed E-state index contributed by atoms with van der Waals surface area (Å²) in [6, 6.07) is 7.88. The van der Waals surface area contributed by atoms with E-state index in [9.17, 15) is 0 Å². The van der Waals surface area contributed by atoms with Crippen LogP contribution in [0.4, 0.5) is 23.0 Å². The third-order valence-corrected chi connectivity index (χ3v) is 4.09. The average Bonchev–Trinajstić information content (AvgIpc) is 2.97. The molecule has 0 unspecified atom stereocenters. The molecule has 1 fully saturated rings.